The first-order chi connectivity index (χ1) is 14.8. The summed E-state index contributed by atoms with van der Waals surface area (Å²) in [6.07, 6.45) is 13.0. The van der Waals surface area contributed by atoms with Gasteiger partial charge in [-0.2, -0.15) is 0 Å². The van der Waals surface area contributed by atoms with Crippen LogP contribution in [-0.4, -0.2) is 0 Å². The van der Waals surface area contributed by atoms with Crippen LogP contribution in [0.2, 0.25) is 0 Å². The highest BCUT2D eigenvalue weighted by Crippen LogP contribution is 2.43. The number of fused-ring (bicyclic) bond motifs is 2. The van der Waals surface area contributed by atoms with Crippen molar-refractivity contribution in [3.8, 4) is 0 Å². The van der Waals surface area contributed by atoms with Gasteiger partial charge in [-0.1, -0.05) is 113 Å². The van der Waals surface area contributed by atoms with Gasteiger partial charge in [0, 0.05) is 0 Å². The van der Waals surface area contributed by atoms with Crippen molar-refractivity contribution in [2.45, 2.75) is 102 Å². The van der Waals surface area contributed by atoms with Crippen molar-refractivity contribution in [1.82, 2.24) is 0 Å². The molecule has 184 valence electrons. The van der Waals surface area contributed by atoms with Gasteiger partial charge in [0.2, 0.25) is 0 Å². The van der Waals surface area contributed by atoms with Gasteiger partial charge in [0.15, 0.2) is 0 Å². The summed E-state index contributed by atoms with van der Waals surface area (Å²) >= 11 is 0. The van der Waals surface area contributed by atoms with Crippen LogP contribution in [-0.2, 0) is 12.8 Å². The van der Waals surface area contributed by atoms with Gasteiger partial charge in [0.25, 0.3) is 0 Å². The number of hydrogen-bond acceptors (Lipinski definition) is 0. The molecule has 0 amide bonds. The van der Waals surface area contributed by atoms with E-state index in [4.69, 9.17) is 0 Å². The topological polar surface area (TPSA) is 0 Å². The van der Waals surface area contributed by atoms with Gasteiger partial charge in [0.1, 0.15) is 0 Å². The summed E-state index contributed by atoms with van der Waals surface area (Å²) in [5.74, 6) is 0. The van der Waals surface area contributed by atoms with E-state index in [1.54, 1.807) is 0 Å². The van der Waals surface area contributed by atoms with E-state index in [0.29, 0.717) is 10.8 Å². The number of rotatable bonds is 1. The van der Waals surface area contributed by atoms with E-state index in [2.05, 4.69) is 113 Å². The Hall–Kier alpha value is -2.08. The van der Waals surface area contributed by atoms with Crippen molar-refractivity contribution in [3.05, 3.63) is 83.0 Å². The molecule has 1 aromatic rings. The van der Waals surface area contributed by atoms with E-state index >= 15 is 0 Å². The Morgan fingerprint density at radius 1 is 0.788 bits per heavy atom. The molecule has 0 nitrogen and oxygen atoms in total. The first-order valence-electron chi connectivity index (χ1n) is 12.3. The van der Waals surface area contributed by atoms with Gasteiger partial charge in [-0.05, 0) is 94.2 Å². The van der Waals surface area contributed by atoms with Crippen molar-refractivity contribution in [2.75, 3.05) is 0 Å². The largest absolute Gasteiger partial charge is 0.0990 e. The monoisotopic (exact) mass is 448 g/mol. The molecule has 0 N–H and O–H groups in total. The molecule has 0 heterocycles. The number of allylic oxidation sites excluding steroid dienone is 8. The summed E-state index contributed by atoms with van der Waals surface area (Å²) in [6.45, 7) is 30.2. The molecule has 0 heteroatoms. The lowest BCUT2D eigenvalue weighted by molar-refractivity contribution is 0.397. The maximum Gasteiger partial charge on any atom is -0.00166 e. The minimum Gasteiger partial charge on any atom is -0.0990 e. The molecule has 0 spiro atoms. The Morgan fingerprint density at radius 2 is 1.21 bits per heavy atom. The second-order valence-corrected chi connectivity index (χ2v) is 11.3. The molecule has 3 rings (SSSR count). The standard InChI is InChI=1S/C20H20.2C6H14.CH4/c1-5-8-18-13(4)9-15-11-19-16(12-20(15)18)10-14(6-2)17(19)7-3;2*1-5-6(2,3)4;/h5-8,11-12H,1,4,9-10H2,2-3H3;2*5H2,1-4H3;1H4/b14-6-,17-7+,18-8+;;;. The van der Waals surface area contributed by atoms with Crippen molar-refractivity contribution < 1.29 is 0 Å². The zero-order valence-electron chi connectivity index (χ0n) is 22.7. The second-order valence-electron chi connectivity index (χ2n) is 11.3. The molecule has 0 aromatic heterocycles. The molecule has 0 atom stereocenters. The smallest absolute Gasteiger partial charge is 0.00166 e. The van der Waals surface area contributed by atoms with Crippen LogP contribution in [0.25, 0.3) is 11.1 Å². The third-order valence-electron chi connectivity index (χ3n) is 6.46. The molecule has 0 saturated heterocycles. The third-order valence-corrected chi connectivity index (χ3v) is 6.46. The highest BCUT2D eigenvalue weighted by atomic mass is 14.3. The summed E-state index contributed by atoms with van der Waals surface area (Å²) < 4.78 is 0. The van der Waals surface area contributed by atoms with E-state index in [-0.39, 0.29) is 7.43 Å². The summed E-state index contributed by atoms with van der Waals surface area (Å²) in [4.78, 5) is 0. The van der Waals surface area contributed by atoms with Crippen LogP contribution in [0, 0.1) is 10.8 Å². The van der Waals surface area contributed by atoms with Gasteiger partial charge in [-0.3, -0.25) is 0 Å². The molecule has 0 unspecified atom stereocenters. The molecule has 0 saturated carbocycles. The van der Waals surface area contributed by atoms with Crippen molar-refractivity contribution in [3.63, 3.8) is 0 Å². The van der Waals surface area contributed by atoms with Gasteiger partial charge in [-0.25, -0.2) is 0 Å². The van der Waals surface area contributed by atoms with Crippen LogP contribution in [0.5, 0.6) is 0 Å². The van der Waals surface area contributed by atoms with E-state index in [1.807, 2.05) is 6.08 Å². The fourth-order valence-corrected chi connectivity index (χ4v) is 3.40. The van der Waals surface area contributed by atoms with Gasteiger partial charge in [0.05, 0.1) is 0 Å². The average molecular weight is 449 g/mol. The zero-order valence-corrected chi connectivity index (χ0v) is 22.7. The second kappa shape index (κ2) is 13.0. The van der Waals surface area contributed by atoms with Gasteiger partial charge in [-0.15, -0.1) is 0 Å². The Morgan fingerprint density at radius 3 is 1.58 bits per heavy atom. The fraction of sp³-hybridized carbons (Fsp3) is 0.515. The molecule has 0 fully saturated rings. The fourth-order valence-electron chi connectivity index (χ4n) is 3.40. The SMILES string of the molecule is C.C=C/C=C1\C(=C)Cc2cc3c(cc21)CC(=C/C)/C3=C\C.CCC(C)(C)C.CCC(C)(C)C. The van der Waals surface area contributed by atoms with Crippen molar-refractivity contribution >= 4 is 11.1 Å². The maximum absolute atomic E-state index is 4.20. The van der Waals surface area contributed by atoms with Gasteiger partial charge >= 0.3 is 0 Å². The van der Waals surface area contributed by atoms with Crippen LogP contribution in [0.15, 0.2) is 60.7 Å². The molecule has 0 radical (unpaired) electrons. The quantitative estimate of drug-likeness (QED) is 0.400. The minimum absolute atomic E-state index is 0. The van der Waals surface area contributed by atoms with Crippen LogP contribution >= 0.6 is 0 Å². The summed E-state index contributed by atoms with van der Waals surface area (Å²) in [5, 5.41) is 0. The van der Waals surface area contributed by atoms with E-state index in [1.165, 1.54) is 57.4 Å². The van der Waals surface area contributed by atoms with Crippen molar-refractivity contribution in [1.29, 1.82) is 0 Å². The maximum atomic E-state index is 4.20. The van der Waals surface area contributed by atoms with E-state index < -0.39 is 0 Å². The molecular formula is C33H52. The Bertz CT molecular complexity index is 885. The summed E-state index contributed by atoms with van der Waals surface area (Å²) in [7, 11) is 0. The zero-order chi connectivity index (χ0) is 24.7. The molecule has 2 aliphatic carbocycles. The minimum atomic E-state index is 0. The molecule has 33 heavy (non-hydrogen) atoms. The first kappa shape index (κ1) is 30.9. The first-order valence-corrected chi connectivity index (χ1v) is 12.3. The lowest BCUT2D eigenvalue weighted by Gasteiger charge is -2.12. The summed E-state index contributed by atoms with van der Waals surface area (Å²) in [5.41, 5.74) is 12.0. The Kier molecular flexibility index (Phi) is 12.2. The Balaban J connectivity index is 0.000000660. The highest BCUT2D eigenvalue weighted by Gasteiger charge is 2.26. The van der Waals surface area contributed by atoms with Gasteiger partial charge < -0.3 is 0 Å². The van der Waals surface area contributed by atoms with Crippen LogP contribution < -0.4 is 0 Å². The molecule has 0 aliphatic heterocycles. The molecule has 1 aromatic carbocycles. The van der Waals surface area contributed by atoms with E-state index in [9.17, 15) is 0 Å². The molecule has 2 aliphatic rings. The molecule has 0 bridgehead atoms. The van der Waals surface area contributed by atoms with Crippen molar-refractivity contribution in [2.24, 2.45) is 10.8 Å². The lowest BCUT2D eigenvalue weighted by Crippen LogP contribution is -2.00. The van der Waals surface area contributed by atoms with Crippen LogP contribution in [0.1, 0.15) is 112 Å². The Labute approximate surface area is 207 Å². The van der Waals surface area contributed by atoms with E-state index in [0.717, 1.165) is 12.8 Å². The summed E-state index contributed by atoms with van der Waals surface area (Å²) in [6, 6.07) is 4.73. The average Bonchev–Trinajstić information content (AvgIpc) is 3.22. The van der Waals surface area contributed by atoms with Crippen LogP contribution in [0.3, 0.4) is 0 Å². The third kappa shape index (κ3) is 9.00. The highest BCUT2D eigenvalue weighted by molar-refractivity contribution is 5.92. The number of benzene rings is 1. The lowest BCUT2D eigenvalue weighted by atomic mass is 9.94. The predicted octanol–water partition coefficient (Wildman–Crippen LogP) is 10.8. The predicted molar refractivity (Wildman–Crippen MR) is 155 cm³/mol. The normalized spacial score (nSPS) is 18.1. The van der Waals surface area contributed by atoms with Crippen LogP contribution in [0.4, 0.5) is 0 Å². The number of hydrogen-bond donors (Lipinski definition) is 0. The molecular weight excluding hydrogens is 396 g/mol.